The number of hydrogen-bond donors (Lipinski definition) is 2. The van der Waals surface area contributed by atoms with E-state index in [-0.39, 0.29) is 36.4 Å². The molecule has 0 aromatic carbocycles. The molecule has 0 unspecified atom stereocenters. The van der Waals surface area contributed by atoms with Gasteiger partial charge in [0.2, 0.25) is 0 Å². The molecule has 0 bridgehead atoms. The molecule has 0 aliphatic heterocycles. The second kappa shape index (κ2) is 7.25. The first-order valence-corrected chi connectivity index (χ1v) is 7.63. The molecule has 0 aromatic rings. The highest BCUT2D eigenvalue weighted by molar-refractivity contribution is 7.90. The van der Waals surface area contributed by atoms with Crippen LogP contribution in [0.25, 0.3) is 0 Å². The molecule has 8 heteroatoms. The van der Waals surface area contributed by atoms with Crippen molar-refractivity contribution in [3.8, 4) is 0 Å². The third-order valence-corrected chi connectivity index (χ3v) is 3.54. The second-order valence-electron chi connectivity index (χ2n) is 4.40. The maximum Gasteiger partial charge on any atom is 0.332 e. The van der Waals surface area contributed by atoms with E-state index in [9.17, 15) is 18.0 Å². The van der Waals surface area contributed by atoms with Crippen LogP contribution < -0.4 is 0 Å². The Hall–Kier alpha value is -1.41. The maximum absolute atomic E-state index is 11.0. The number of sulfone groups is 1. The molecule has 0 aliphatic rings. The lowest BCUT2D eigenvalue weighted by molar-refractivity contribution is -0.136. The van der Waals surface area contributed by atoms with E-state index >= 15 is 0 Å². The van der Waals surface area contributed by atoms with Crippen LogP contribution in [0.5, 0.6) is 0 Å². The molecule has 19 heavy (non-hydrogen) atoms. The summed E-state index contributed by atoms with van der Waals surface area (Å²) in [5, 5.41) is 17.7. The van der Waals surface area contributed by atoms with E-state index in [1.165, 1.54) is 6.92 Å². The van der Waals surface area contributed by atoms with Crippen molar-refractivity contribution >= 4 is 21.8 Å². The van der Waals surface area contributed by atoms with Crippen LogP contribution in [0.4, 0.5) is 0 Å². The van der Waals surface area contributed by atoms with Gasteiger partial charge in [-0.05, 0) is 20.4 Å². The number of rotatable bonds is 8. The fourth-order valence-corrected chi connectivity index (χ4v) is 1.96. The van der Waals surface area contributed by atoms with Crippen LogP contribution in [0.1, 0.15) is 13.3 Å². The molecule has 0 saturated carbocycles. The molecule has 0 aliphatic carbocycles. The third kappa shape index (κ3) is 7.58. The van der Waals surface area contributed by atoms with Crippen molar-refractivity contribution in [3.05, 3.63) is 11.1 Å². The van der Waals surface area contributed by atoms with Crippen molar-refractivity contribution in [3.63, 3.8) is 0 Å². The number of carboxylic acid groups (broad SMARTS) is 2. The highest BCUT2D eigenvalue weighted by Crippen LogP contribution is 2.10. The van der Waals surface area contributed by atoms with Crippen LogP contribution in [0.3, 0.4) is 0 Å². The third-order valence-electron chi connectivity index (χ3n) is 2.62. The summed E-state index contributed by atoms with van der Waals surface area (Å²) in [5.74, 6) is -2.55. The highest BCUT2D eigenvalue weighted by atomic mass is 32.2. The van der Waals surface area contributed by atoms with Gasteiger partial charge in [0.25, 0.3) is 0 Å². The Bertz CT molecular complexity index is 479. The lowest BCUT2D eigenvalue weighted by Gasteiger charge is -2.16. The van der Waals surface area contributed by atoms with Crippen molar-refractivity contribution in [1.29, 1.82) is 0 Å². The molecule has 110 valence electrons. The van der Waals surface area contributed by atoms with Gasteiger partial charge in [0.15, 0.2) is 0 Å². The van der Waals surface area contributed by atoms with Crippen LogP contribution in [0.15, 0.2) is 11.1 Å². The van der Waals surface area contributed by atoms with Gasteiger partial charge in [-0.15, -0.1) is 0 Å². The van der Waals surface area contributed by atoms with Gasteiger partial charge < -0.3 is 15.1 Å². The van der Waals surface area contributed by atoms with Crippen molar-refractivity contribution in [2.24, 2.45) is 0 Å². The van der Waals surface area contributed by atoms with E-state index < -0.39 is 21.8 Å². The van der Waals surface area contributed by atoms with E-state index in [1.54, 1.807) is 11.9 Å². The molecule has 0 spiro atoms. The minimum Gasteiger partial charge on any atom is -0.478 e. The van der Waals surface area contributed by atoms with Crippen molar-refractivity contribution in [2.45, 2.75) is 13.3 Å². The summed E-state index contributed by atoms with van der Waals surface area (Å²) in [7, 11) is -1.41. The topological polar surface area (TPSA) is 112 Å². The van der Waals surface area contributed by atoms with Crippen molar-refractivity contribution < 1.29 is 28.2 Å². The lowest BCUT2D eigenvalue weighted by atomic mass is 10.1. The Balaban J connectivity index is 4.55. The minimum atomic E-state index is -3.07. The Labute approximate surface area is 112 Å². The predicted molar refractivity (Wildman–Crippen MR) is 69.8 cm³/mol. The lowest BCUT2D eigenvalue weighted by Crippen LogP contribution is -2.27. The molecule has 0 saturated heterocycles. The van der Waals surface area contributed by atoms with Gasteiger partial charge in [0, 0.05) is 30.5 Å². The molecule has 7 nitrogen and oxygen atoms in total. The largest absolute Gasteiger partial charge is 0.478 e. The summed E-state index contributed by atoms with van der Waals surface area (Å²) < 4.78 is 21.9. The molecular formula is C11H19NO6S. The van der Waals surface area contributed by atoms with E-state index in [4.69, 9.17) is 10.2 Å². The molecule has 0 aromatic heterocycles. The predicted octanol–water partition coefficient (Wildman–Crippen LogP) is -0.161. The summed E-state index contributed by atoms with van der Waals surface area (Å²) in [6.07, 6.45) is 1.17. The molecule has 0 amide bonds. The standard InChI is InChI=1S/C11H19NO6S/c1-8(10(13)14)9(11(15)16)4-5-12(2)6-7-19(3,17)18/h4-7H2,1-3H3,(H,13,14)(H,15,16)/b9-8+. The molecule has 2 N–H and O–H groups in total. The van der Waals surface area contributed by atoms with Crippen LogP contribution in [-0.2, 0) is 19.4 Å². The van der Waals surface area contributed by atoms with E-state index in [0.717, 1.165) is 6.26 Å². The van der Waals surface area contributed by atoms with Crippen LogP contribution in [-0.4, -0.2) is 67.6 Å². The molecule has 0 radical (unpaired) electrons. The van der Waals surface area contributed by atoms with Gasteiger partial charge in [-0.25, -0.2) is 18.0 Å². The van der Waals surface area contributed by atoms with Gasteiger partial charge in [-0.1, -0.05) is 0 Å². The molecule has 0 atom stereocenters. The molecule has 0 fully saturated rings. The Morgan fingerprint density at radius 1 is 1.11 bits per heavy atom. The number of nitrogens with zero attached hydrogens (tertiary/aromatic N) is 1. The summed E-state index contributed by atoms with van der Waals surface area (Å²) in [6.45, 7) is 1.79. The van der Waals surface area contributed by atoms with Gasteiger partial charge in [0.05, 0.1) is 5.75 Å². The summed E-state index contributed by atoms with van der Waals surface area (Å²) in [4.78, 5) is 23.3. The second-order valence-corrected chi connectivity index (χ2v) is 6.66. The molecule has 0 rings (SSSR count). The van der Waals surface area contributed by atoms with Crippen LogP contribution in [0.2, 0.25) is 0 Å². The fraction of sp³-hybridized carbons (Fsp3) is 0.636. The molecular weight excluding hydrogens is 274 g/mol. The average Bonchev–Trinajstić information content (AvgIpc) is 2.24. The van der Waals surface area contributed by atoms with E-state index in [0.29, 0.717) is 0 Å². The first-order chi connectivity index (χ1) is 8.54. The average molecular weight is 293 g/mol. The van der Waals surface area contributed by atoms with Crippen molar-refractivity contribution in [1.82, 2.24) is 4.90 Å². The van der Waals surface area contributed by atoms with Crippen LogP contribution in [0, 0.1) is 0 Å². The zero-order chi connectivity index (χ0) is 15.2. The number of carboxylic acids is 2. The zero-order valence-electron chi connectivity index (χ0n) is 11.2. The quantitative estimate of drug-likeness (QED) is 0.598. The van der Waals surface area contributed by atoms with E-state index in [2.05, 4.69) is 0 Å². The van der Waals surface area contributed by atoms with E-state index in [1.807, 2.05) is 0 Å². The summed E-state index contributed by atoms with van der Waals surface area (Å²) >= 11 is 0. The SMILES string of the molecule is C/C(C(=O)O)=C(/CCN(C)CCS(C)(=O)=O)C(=O)O. The van der Waals surface area contributed by atoms with Gasteiger partial charge in [0.1, 0.15) is 9.84 Å². The smallest absolute Gasteiger partial charge is 0.332 e. The maximum atomic E-state index is 11.0. The van der Waals surface area contributed by atoms with Gasteiger partial charge >= 0.3 is 11.9 Å². The summed E-state index contributed by atoms with van der Waals surface area (Å²) in [6, 6.07) is 0. The number of aliphatic carboxylic acids is 2. The fourth-order valence-electron chi connectivity index (χ4n) is 1.32. The summed E-state index contributed by atoms with van der Waals surface area (Å²) in [5.41, 5.74) is -0.372. The van der Waals surface area contributed by atoms with Crippen molar-refractivity contribution in [2.75, 3.05) is 32.1 Å². The number of carbonyl (C=O) groups is 2. The monoisotopic (exact) mass is 293 g/mol. The van der Waals surface area contributed by atoms with Gasteiger partial charge in [-0.3, -0.25) is 0 Å². The molecule has 0 heterocycles. The Morgan fingerprint density at radius 3 is 2.00 bits per heavy atom. The zero-order valence-corrected chi connectivity index (χ0v) is 12.0. The number of hydrogen-bond acceptors (Lipinski definition) is 5. The highest BCUT2D eigenvalue weighted by Gasteiger charge is 2.17. The minimum absolute atomic E-state index is 0.0203. The Kier molecular flexibility index (Phi) is 6.71. The normalized spacial score (nSPS) is 13.3. The Morgan fingerprint density at radius 2 is 1.63 bits per heavy atom. The first-order valence-electron chi connectivity index (χ1n) is 5.57. The first kappa shape index (κ1) is 17.6. The van der Waals surface area contributed by atoms with Crippen LogP contribution >= 0.6 is 0 Å². The van der Waals surface area contributed by atoms with Gasteiger partial charge in [-0.2, -0.15) is 0 Å².